The summed E-state index contributed by atoms with van der Waals surface area (Å²) in [6, 6.07) is 18.5. The van der Waals surface area contributed by atoms with E-state index in [1.54, 1.807) is 18.5 Å². The number of carbonyl (C=O) groups is 2. The number of imide groups is 1. The Balaban J connectivity index is 1.32. The Morgan fingerprint density at radius 1 is 1.08 bits per heavy atom. The zero-order chi connectivity index (χ0) is 26.4. The summed E-state index contributed by atoms with van der Waals surface area (Å²) >= 11 is 6.77. The summed E-state index contributed by atoms with van der Waals surface area (Å²) in [4.78, 5) is 36.8. The van der Waals surface area contributed by atoms with E-state index < -0.39 is 6.03 Å². The number of fused-ring (bicyclic) bond motifs is 2. The minimum Gasteiger partial charge on any atom is -0.334 e. The third-order valence-electron chi connectivity index (χ3n) is 7.63. The first-order valence-electron chi connectivity index (χ1n) is 12.6. The number of pyridine rings is 2. The zero-order valence-corrected chi connectivity index (χ0v) is 21.4. The van der Waals surface area contributed by atoms with E-state index in [0.717, 1.165) is 39.6 Å². The van der Waals surface area contributed by atoms with Crippen LogP contribution in [0.5, 0.6) is 0 Å². The van der Waals surface area contributed by atoms with Crippen molar-refractivity contribution in [2.75, 3.05) is 4.90 Å². The number of nitrogens with zero attached hydrogens (tertiary/aromatic N) is 4. The highest BCUT2D eigenvalue weighted by atomic mass is 35.5. The van der Waals surface area contributed by atoms with Crippen molar-refractivity contribution in [3.8, 4) is 17.2 Å². The molecule has 2 aromatic heterocycles. The highest BCUT2D eigenvalue weighted by molar-refractivity contribution is 6.32. The average molecular weight is 522 g/mol. The number of halogens is 1. The summed E-state index contributed by atoms with van der Waals surface area (Å²) in [7, 11) is 0. The molecule has 6 rings (SSSR count). The molecule has 2 aromatic carbocycles. The van der Waals surface area contributed by atoms with Crippen molar-refractivity contribution in [1.82, 2.24) is 15.3 Å². The predicted octanol–water partition coefficient (Wildman–Crippen LogP) is 6.14. The Morgan fingerprint density at radius 2 is 1.92 bits per heavy atom. The Kier molecular flexibility index (Phi) is 6.05. The normalized spacial score (nSPS) is 21.1. The molecule has 2 fully saturated rings. The van der Waals surface area contributed by atoms with Crippen LogP contribution < -0.4 is 10.2 Å². The van der Waals surface area contributed by atoms with Gasteiger partial charge in [0.2, 0.25) is 5.91 Å². The summed E-state index contributed by atoms with van der Waals surface area (Å²) < 4.78 is 0. The van der Waals surface area contributed by atoms with Gasteiger partial charge in [0.15, 0.2) is 0 Å². The number of nitriles is 1. The second-order valence-corrected chi connectivity index (χ2v) is 10.3. The lowest BCUT2D eigenvalue weighted by Crippen LogP contribution is -2.61. The zero-order valence-electron chi connectivity index (χ0n) is 20.7. The van der Waals surface area contributed by atoms with Crippen LogP contribution in [0.3, 0.4) is 0 Å². The fourth-order valence-corrected chi connectivity index (χ4v) is 6.30. The van der Waals surface area contributed by atoms with Crippen LogP contribution >= 0.6 is 11.6 Å². The molecule has 1 N–H and O–H groups in total. The smallest absolute Gasteiger partial charge is 0.329 e. The number of aromatic nitrogens is 2. The topological polar surface area (TPSA) is 99.0 Å². The lowest BCUT2D eigenvalue weighted by molar-refractivity contribution is -0.124. The van der Waals surface area contributed by atoms with E-state index in [1.807, 2.05) is 55.5 Å². The van der Waals surface area contributed by atoms with Gasteiger partial charge in [-0.25, -0.2) is 14.7 Å². The molecular formula is C30H24ClN5O2. The van der Waals surface area contributed by atoms with Gasteiger partial charge in [0.25, 0.3) is 0 Å². The number of rotatable bonds is 3. The van der Waals surface area contributed by atoms with Gasteiger partial charge in [-0.1, -0.05) is 48.0 Å². The molecule has 1 aliphatic carbocycles. The van der Waals surface area contributed by atoms with Gasteiger partial charge in [0.05, 0.1) is 17.8 Å². The first-order valence-corrected chi connectivity index (χ1v) is 13.0. The molecule has 7 nitrogen and oxygen atoms in total. The highest BCUT2D eigenvalue weighted by Gasteiger charge is 2.46. The molecule has 4 aromatic rings. The molecule has 8 heteroatoms. The fourth-order valence-electron chi connectivity index (χ4n) is 5.97. The molecule has 1 saturated carbocycles. The number of urea groups is 1. The Bertz CT molecular complexity index is 1640. The number of hydrogen-bond acceptors (Lipinski definition) is 5. The molecule has 0 spiro atoms. The number of amides is 3. The van der Waals surface area contributed by atoms with Crippen LogP contribution in [0.4, 0.5) is 10.5 Å². The highest BCUT2D eigenvalue weighted by Crippen LogP contribution is 2.45. The Morgan fingerprint density at radius 3 is 2.76 bits per heavy atom. The SMILES string of the molecule is Cc1cc(-c2cccc(Cl)c2C2CCC3C(=O)N(c4cncc5ccccc45)C(=O)NC3C2)cc(C#N)n1. The lowest BCUT2D eigenvalue weighted by Gasteiger charge is -2.43. The van der Waals surface area contributed by atoms with Gasteiger partial charge in [-0.3, -0.25) is 9.78 Å². The van der Waals surface area contributed by atoms with Crippen LogP contribution in [0.25, 0.3) is 21.9 Å². The van der Waals surface area contributed by atoms with Crippen LogP contribution in [0.15, 0.2) is 67.0 Å². The third kappa shape index (κ3) is 4.07. The van der Waals surface area contributed by atoms with E-state index in [4.69, 9.17) is 11.6 Å². The monoisotopic (exact) mass is 521 g/mol. The van der Waals surface area contributed by atoms with E-state index in [-0.39, 0.29) is 23.8 Å². The molecule has 38 heavy (non-hydrogen) atoms. The Hall–Kier alpha value is -4.28. The maximum Gasteiger partial charge on any atom is 0.329 e. The van der Waals surface area contributed by atoms with Crippen LogP contribution in [0.1, 0.15) is 42.1 Å². The summed E-state index contributed by atoms with van der Waals surface area (Å²) in [5, 5.41) is 14.9. The van der Waals surface area contributed by atoms with E-state index in [1.165, 1.54) is 4.90 Å². The summed E-state index contributed by atoms with van der Waals surface area (Å²) in [5.41, 5.74) is 4.40. The van der Waals surface area contributed by atoms with Crippen molar-refractivity contribution in [2.45, 2.75) is 38.1 Å². The van der Waals surface area contributed by atoms with Gasteiger partial charge in [-0.2, -0.15) is 5.26 Å². The number of nitrogens with one attached hydrogen (secondary N) is 1. The molecular weight excluding hydrogens is 498 g/mol. The minimum atomic E-state index is -0.433. The third-order valence-corrected chi connectivity index (χ3v) is 7.96. The van der Waals surface area contributed by atoms with Crippen LogP contribution in [0.2, 0.25) is 5.02 Å². The maximum absolute atomic E-state index is 13.7. The van der Waals surface area contributed by atoms with Gasteiger partial charge in [-0.15, -0.1) is 0 Å². The van der Waals surface area contributed by atoms with Crippen molar-refractivity contribution in [3.63, 3.8) is 0 Å². The van der Waals surface area contributed by atoms with Gasteiger partial charge < -0.3 is 5.32 Å². The van der Waals surface area contributed by atoms with E-state index in [0.29, 0.717) is 29.2 Å². The largest absolute Gasteiger partial charge is 0.334 e. The van der Waals surface area contributed by atoms with Gasteiger partial charge in [0.1, 0.15) is 11.8 Å². The lowest BCUT2D eigenvalue weighted by atomic mass is 9.72. The number of benzene rings is 2. The number of hydrogen-bond donors (Lipinski definition) is 1. The number of anilines is 1. The average Bonchev–Trinajstić information content (AvgIpc) is 2.92. The first kappa shape index (κ1) is 24.1. The predicted molar refractivity (Wildman–Crippen MR) is 146 cm³/mol. The Labute approximate surface area is 225 Å². The number of aryl methyl sites for hydroxylation is 1. The van der Waals surface area contributed by atoms with Gasteiger partial charge in [0, 0.05) is 33.7 Å². The van der Waals surface area contributed by atoms with Crippen LogP contribution in [-0.2, 0) is 4.79 Å². The molecule has 3 heterocycles. The van der Waals surface area contributed by atoms with E-state index in [9.17, 15) is 14.9 Å². The first-order chi connectivity index (χ1) is 18.4. The van der Waals surface area contributed by atoms with Crippen LogP contribution in [0, 0.1) is 24.2 Å². The molecule has 0 radical (unpaired) electrons. The fraction of sp³-hybridized carbons (Fsp3) is 0.233. The van der Waals surface area contributed by atoms with Gasteiger partial charge in [-0.05, 0) is 67.0 Å². The van der Waals surface area contributed by atoms with Crippen molar-refractivity contribution >= 4 is 40.0 Å². The van der Waals surface area contributed by atoms with Crippen molar-refractivity contribution < 1.29 is 9.59 Å². The van der Waals surface area contributed by atoms with Gasteiger partial charge >= 0.3 is 6.03 Å². The summed E-state index contributed by atoms with van der Waals surface area (Å²) in [6.07, 6.45) is 5.26. The molecule has 3 unspecified atom stereocenters. The van der Waals surface area contributed by atoms with E-state index >= 15 is 0 Å². The summed E-state index contributed by atoms with van der Waals surface area (Å²) in [5.74, 6) is -0.488. The van der Waals surface area contributed by atoms with Crippen molar-refractivity contribution in [3.05, 3.63) is 89.0 Å². The summed E-state index contributed by atoms with van der Waals surface area (Å²) in [6.45, 7) is 1.86. The standard InChI is InChI=1S/C30H24ClN5O2/c1-17-11-20(12-21(14-32)34-17)23-7-4-8-25(31)28(23)18-9-10-24-26(13-18)35-30(38)36(29(24)37)27-16-33-15-19-5-2-3-6-22(19)27/h2-8,11-12,15-16,18,24,26H,9-10,13H2,1H3,(H,35,38). The molecule has 3 atom stereocenters. The molecule has 1 saturated heterocycles. The quantitative estimate of drug-likeness (QED) is 0.349. The van der Waals surface area contributed by atoms with Crippen molar-refractivity contribution in [2.24, 2.45) is 5.92 Å². The second kappa shape index (κ2) is 9.55. The molecule has 1 aliphatic heterocycles. The minimum absolute atomic E-state index is 0.0397. The maximum atomic E-state index is 13.7. The molecule has 2 aliphatic rings. The van der Waals surface area contributed by atoms with Crippen LogP contribution in [-0.4, -0.2) is 27.9 Å². The van der Waals surface area contributed by atoms with E-state index in [2.05, 4.69) is 21.4 Å². The second-order valence-electron chi connectivity index (χ2n) is 9.92. The molecule has 188 valence electrons. The molecule has 3 amide bonds. The number of carbonyl (C=O) groups excluding carboxylic acids is 2. The van der Waals surface area contributed by atoms with Crippen molar-refractivity contribution in [1.29, 1.82) is 5.26 Å². The molecule has 0 bridgehead atoms.